The van der Waals surface area contributed by atoms with Crippen molar-refractivity contribution >= 4 is 6.01 Å². The van der Waals surface area contributed by atoms with E-state index in [2.05, 4.69) is 36.9 Å². The summed E-state index contributed by atoms with van der Waals surface area (Å²) < 4.78 is 1.14. The quantitative estimate of drug-likeness (QED) is 0.340. The topological polar surface area (TPSA) is 24.7 Å². The monoisotopic (exact) mass is 198 g/mol. The second kappa shape index (κ2) is 7.72. The van der Waals surface area contributed by atoms with Crippen LogP contribution in [0.1, 0.15) is 27.2 Å². The van der Waals surface area contributed by atoms with Crippen LogP contribution >= 0.6 is 0 Å². The fourth-order valence-corrected chi connectivity index (χ4v) is 1.24. The standard InChI is InChI=1S/C11H24N3/c1-5-12-11-13-9-8-10-14(4,6-2)7-3/h5-10H2,1-4H3/q+1. The van der Waals surface area contributed by atoms with Gasteiger partial charge in [0.15, 0.2) is 0 Å². The first kappa shape index (κ1) is 13.3. The van der Waals surface area contributed by atoms with Gasteiger partial charge in [0, 0.05) is 13.0 Å². The highest BCUT2D eigenvalue weighted by Gasteiger charge is 2.14. The van der Waals surface area contributed by atoms with Gasteiger partial charge in [0.1, 0.15) is 0 Å². The van der Waals surface area contributed by atoms with Crippen LogP contribution in [0.5, 0.6) is 0 Å². The molecule has 0 aromatic carbocycles. The molecule has 0 aromatic heterocycles. The predicted octanol–water partition coefficient (Wildman–Crippen LogP) is 2.06. The zero-order valence-corrected chi connectivity index (χ0v) is 10.1. The highest BCUT2D eigenvalue weighted by atomic mass is 15.3. The molecule has 0 bridgehead atoms. The minimum Gasteiger partial charge on any atom is -0.326 e. The van der Waals surface area contributed by atoms with E-state index >= 15 is 0 Å². The molecule has 3 nitrogen and oxygen atoms in total. The zero-order valence-electron chi connectivity index (χ0n) is 10.1. The van der Waals surface area contributed by atoms with Gasteiger partial charge in [-0.25, -0.2) is 9.98 Å². The number of aliphatic imine (C=N–C) groups is 2. The van der Waals surface area contributed by atoms with Gasteiger partial charge >= 0.3 is 0 Å². The molecule has 0 rings (SSSR count). The van der Waals surface area contributed by atoms with Crippen LogP contribution in [0.4, 0.5) is 0 Å². The lowest BCUT2D eigenvalue weighted by Crippen LogP contribution is -2.44. The summed E-state index contributed by atoms with van der Waals surface area (Å²) in [5, 5.41) is 0. The zero-order chi connectivity index (χ0) is 10.9. The molecule has 0 saturated carbocycles. The van der Waals surface area contributed by atoms with Crippen LogP contribution in [-0.4, -0.2) is 50.3 Å². The van der Waals surface area contributed by atoms with Gasteiger partial charge in [-0.05, 0) is 20.8 Å². The summed E-state index contributed by atoms with van der Waals surface area (Å²) in [6, 6.07) is 2.70. The second-order valence-electron chi connectivity index (χ2n) is 3.79. The van der Waals surface area contributed by atoms with Gasteiger partial charge in [-0.3, -0.25) is 0 Å². The molecule has 0 atom stereocenters. The van der Waals surface area contributed by atoms with Gasteiger partial charge in [0.2, 0.25) is 0 Å². The first-order valence-electron chi connectivity index (χ1n) is 5.60. The molecule has 0 unspecified atom stereocenters. The van der Waals surface area contributed by atoms with Crippen LogP contribution in [0.25, 0.3) is 0 Å². The lowest BCUT2D eigenvalue weighted by molar-refractivity contribution is -0.906. The average Bonchev–Trinajstić information content (AvgIpc) is 2.23. The Balaban J connectivity index is 3.67. The molecule has 0 N–H and O–H groups in total. The van der Waals surface area contributed by atoms with E-state index in [1.54, 1.807) is 0 Å². The van der Waals surface area contributed by atoms with E-state index in [0.717, 1.165) is 24.0 Å². The maximum absolute atomic E-state index is 4.11. The van der Waals surface area contributed by atoms with Crippen LogP contribution < -0.4 is 0 Å². The van der Waals surface area contributed by atoms with Crippen LogP contribution in [0.15, 0.2) is 9.98 Å². The Morgan fingerprint density at radius 2 is 1.71 bits per heavy atom. The normalized spacial score (nSPS) is 10.9. The van der Waals surface area contributed by atoms with E-state index in [0.29, 0.717) is 0 Å². The van der Waals surface area contributed by atoms with Gasteiger partial charge in [-0.15, -0.1) is 0 Å². The molecule has 0 aliphatic carbocycles. The molecular weight excluding hydrogens is 174 g/mol. The van der Waals surface area contributed by atoms with E-state index in [-0.39, 0.29) is 0 Å². The highest BCUT2D eigenvalue weighted by Crippen LogP contribution is 2.02. The molecule has 0 saturated heterocycles. The van der Waals surface area contributed by atoms with E-state index in [9.17, 15) is 0 Å². The van der Waals surface area contributed by atoms with Crippen molar-refractivity contribution in [3.8, 4) is 0 Å². The van der Waals surface area contributed by atoms with Crippen molar-refractivity contribution in [3.05, 3.63) is 0 Å². The number of hydrogen-bond donors (Lipinski definition) is 0. The molecule has 0 amide bonds. The minimum atomic E-state index is 0.779. The van der Waals surface area contributed by atoms with Crippen LogP contribution in [0, 0.1) is 0 Å². The minimum absolute atomic E-state index is 0.779. The third-order valence-corrected chi connectivity index (χ3v) is 2.79. The predicted molar refractivity (Wildman–Crippen MR) is 62.0 cm³/mol. The Kier molecular flexibility index (Phi) is 7.35. The molecule has 3 heteroatoms. The number of nitrogens with zero attached hydrogens (tertiary/aromatic N) is 3. The maximum Gasteiger partial charge on any atom is 0.0892 e. The van der Waals surface area contributed by atoms with Crippen molar-refractivity contribution in [2.75, 3.05) is 39.8 Å². The fraction of sp³-hybridized carbons (Fsp3) is 0.909. The Hall–Kier alpha value is -0.660. The first-order valence-corrected chi connectivity index (χ1v) is 5.60. The second-order valence-corrected chi connectivity index (χ2v) is 3.79. The molecular formula is C11H24N3+. The molecule has 0 aliphatic rings. The summed E-state index contributed by atoms with van der Waals surface area (Å²) in [7, 11) is 2.30. The SMILES string of the molecule is CCN=C=NCCC[N+](C)(CC)CC. The molecule has 82 valence electrons. The van der Waals surface area contributed by atoms with Crippen LogP contribution in [0.3, 0.4) is 0 Å². The van der Waals surface area contributed by atoms with E-state index in [1.165, 1.54) is 19.6 Å². The summed E-state index contributed by atoms with van der Waals surface area (Å²) in [4.78, 5) is 8.03. The summed E-state index contributed by atoms with van der Waals surface area (Å²) in [5.41, 5.74) is 0. The Morgan fingerprint density at radius 3 is 2.21 bits per heavy atom. The summed E-state index contributed by atoms with van der Waals surface area (Å²) in [5.74, 6) is 0. The Bertz CT molecular complexity index is 189. The number of hydrogen-bond acceptors (Lipinski definition) is 2. The molecule has 0 aliphatic heterocycles. The Labute approximate surface area is 88.1 Å². The van der Waals surface area contributed by atoms with E-state index in [4.69, 9.17) is 0 Å². The van der Waals surface area contributed by atoms with Crippen molar-refractivity contribution < 1.29 is 4.48 Å². The maximum atomic E-state index is 4.11. The number of quaternary nitrogens is 1. The van der Waals surface area contributed by atoms with Crippen molar-refractivity contribution in [2.45, 2.75) is 27.2 Å². The molecule has 0 spiro atoms. The lowest BCUT2D eigenvalue weighted by atomic mass is 10.3. The van der Waals surface area contributed by atoms with E-state index < -0.39 is 0 Å². The lowest BCUT2D eigenvalue weighted by Gasteiger charge is -2.31. The van der Waals surface area contributed by atoms with Gasteiger partial charge in [0.25, 0.3) is 0 Å². The summed E-state index contributed by atoms with van der Waals surface area (Å²) in [6.45, 7) is 11.7. The van der Waals surface area contributed by atoms with Crippen molar-refractivity contribution in [3.63, 3.8) is 0 Å². The van der Waals surface area contributed by atoms with Crippen molar-refractivity contribution in [2.24, 2.45) is 9.98 Å². The molecule has 0 aromatic rings. The van der Waals surface area contributed by atoms with Crippen LogP contribution in [0.2, 0.25) is 0 Å². The van der Waals surface area contributed by atoms with Crippen LogP contribution in [-0.2, 0) is 0 Å². The molecule has 14 heavy (non-hydrogen) atoms. The average molecular weight is 198 g/mol. The first-order chi connectivity index (χ1) is 6.68. The van der Waals surface area contributed by atoms with E-state index in [1.807, 2.05) is 6.92 Å². The fourth-order valence-electron chi connectivity index (χ4n) is 1.24. The molecule has 0 fully saturated rings. The number of rotatable bonds is 7. The van der Waals surface area contributed by atoms with Gasteiger partial charge < -0.3 is 4.48 Å². The Morgan fingerprint density at radius 1 is 1.07 bits per heavy atom. The summed E-state index contributed by atoms with van der Waals surface area (Å²) >= 11 is 0. The van der Waals surface area contributed by atoms with Crippen molar-refractivity contribution in [1.29, 1.82) is 0 Å². The van der Waals surface area contributed by atoms with Gasteiger partial charge in [0.05, 0.1) is 39.2 Å². The third kappa shape index (κ3) is 5.90. The molecule has 0 radical (unpaired) electrons. The highest BCUT2D eigenvalue weighted by molar-refractivity contribution is 5.40. The molecule has 0 heterocycles. The van der Waals surface area contributed by atoms with Gasteiger partial charge in [-0.1, -0.05) is 0 Å². The smallest absolute Gasteiger partial charge is 0.0892 e. The largest absolute Gasteiger partial charge is 0.326 e. The van der Waals surface area contributed by atoms with Crippen molar-refractivity contribution in [1.82, 2.24) is 0 Å². The van der Waals surface area contributed by atoms with Gasteiger partial charge in [-0.2, -0.15) is 0 Å². The third-order valence-electron chi connectivity index (χ3n) is 2.79. The summed E-state index contributed by atoms with van der Waals surface area (Å²) in [6.07, 6.45) is 1.13.